The number of ether oxygens (including phenoxy) is 1. The van der Waals surface area contributed by atoms with Gasteiger partial charge in [-0.2, -0.15) is 10.4 Å². The minimum Gasteiger partial charge on any atom is -0.361 e. The van der Waals surface area contributed by atoms with E-state index in [0.29, 0.717) is 19.2 Å². The maximum absolute atomic E-state index is 9.50. The first-order chi connectivity index (χ1) is 15.9. The lowest BCUT2D eigenvalue weighted by molar-refractivity contribution is 0.0899. The topological polar surface area (TPSA) is 85.9 Å². The van der Waals surface area contributed by atoms with Gasteiger partial charge in [-0.05, 0) is 25.0 Å². The first-order valence-corrected chi connectivity index (χ1v) is 15.4. The van der Waals surface area contributed by atoms with Crippen molar-refractivity contribution in [2.24, 2.45) is 5.92 Å². The molecule has 3 aromatic heterocycles. The molecule has 0 bridgehead atoms. The Kier molecular flexibility index (Phi) is 7.22. The molecule has 0 aromatic carbocycles. The molecular weight excluding hydrogens is 430 g/mol. The average Bonchev–Trinajstić information content (AvgIpc) is 3.54. The second-order valence-corrected chi connectivity index (χ2v) is 15.5. The van der Waals surface area contributed by atoms with Crippen LogP contribution < -0.4 is 0 Å². The van der Waals surface area contributed by atoms with Gasteiger partial charge in [-0.3, -0.25) is 4.68 Å². The van der Waals surface area contributed by atoms with Crippen LogP contribution in [0.3, 0.4) is 0 Å². The van der Waals surface area contributed by atoms with Gasteiger partial charge in [-0.15, -0.1) is 0 Å². The summed E-state index contributed by atoms with van der Waals surface area (Å²) in [7, 11) is -1.11. The smallest absolute Gasteiger partial charge is 0.361 e. The van der Waals surface area contributed by atoms with Crippen molar-refractivity contribution in [1.29, 1.82) is 5.26 Å². The molecule has 0 N–H and O–H groups in total. The predicted octanol–water partition coefficient (Wildman–Crippen LogP) is 5.02. The molecule has 3 aromatic rings. The molecule has 1 atom stereocenters. The third kappa shape index (κ3) is 6.07. The van der Waals surface area contributed by atoms with Crippen LogP contribution in [0.5, 0.6) is 0 Å². The van der Waals surface area contributed by atoms with Crippen molar-refractivity contribution >= 4 is 19.1 Å². The summed E-state index contributed by atoms with van der Waals surface area (Å²) in [5.74, 6) is 0.395. The van der Waals surface area contributed by atoms with E-state index in [0.717, 1.165) is 47.8 Å². The van der Waals surface area contributed by atoms with Crippen molar-refractivity contribution in [2.45, 2.75) is 70.7 Å². The summed E-state index contributed by atoms with van der Waals surface area (Å²) in [6, 6.07) is 8.10. The second-order valence-electron chi connectivity index (χ2n) is 9.93. The van der Waals surface area contributed by atoms with E-state index in [9.17, 15) is 5.26 Å². The van der Waals surface area contributed by atoms with Crippen molar-refractivity contribution in [3.63, 3.8) is 0 Å². The average molecular weight is 463 g/mol. The van der Waals surface area contributed by atoms with Crippen molar-refractivity contribution in [3.8, 4) is 23.4 Å². The predicted molar refractivity (Wildman–Crippen MR) is 131 cm³/mol. The van der Waals surface area contributed by atoms with Gasteiger partial charge in [0.1, 0.15) is 25.3 Å². The van der Waals surface area contributed by atoms with Gasteiger partial charge in [0.15, 0.2) is 6.07 Å². The number of fused-ring (bicyclic) bond motifs is 1. The number of hydrogen-bond donors (Lipinski definition) is 0. The van der Waals surface area contributed by atoms with Crippen LogP contribution in [0.4, 0.5) is 0 Å². The van der Waals surface area contributed by atoms with Gasteiger partial charge in [0.25, 0.3) is 6.07 Å². The van der Waals surface area contributed by atoms with Gasteiger partial charge in [-0.25, -0.2) is 9.97 Å². The van der Waals surface area contributed by atoms with E-state index in [4.69, 9.17) is 4.74 Å². The molecule has 0 amide bonds. The van der Waals surface area contributed by atoms with Crippen LogP contribution in [0, 0.1) is 23.3 Å². The van der Waals surface area contributed by atoms with Crippen molar-refractivity contribution in [3.05, 3.63) is 35.8 Å². The highest BCUT2D eigenvalue weighted by molar-refractivity contribution is 6.76. The van der Waals surface area contributed by atoms with E-state index in [1.165, 1.54) is 12.8 Å². The molecule has 1 saturated carbocycles. The normalized spacial score (nSPS) is 15.3. The minimum absolute atomic E-state index is 0.395. The van der Waals surface area contributed by atoms with Gasteiger partial charge >= 0.3 is 6.04 Å². The fourth-order valence-electron chi connectivity index (χ4n) is 4.00. The van der Waals surface area contributed by atoms with Crippen LogP contribution in [0.2, 0.25) is 25.7 Å². The summed E-state index contributed by atoms with van der Waals surface area (Å²) in [5, 5.41) is 14.9. The Morgan fingerprint density at radius 2 is 2.09 bits per heavy atom. The highest BCUT2D eigenvalue weighted by Gasteiger charge is 2.22. The van der Waals surface area contributed by atoms with Gasteiger partial charge < -0.3 is 9.30 Å². The Balaban J connectivity index is 1.45. The summed E-state index contributed by atoms with van der Waals surface area (Å²) in [4.78, 5) is 13.4. The van der Waals surface area contributed by atoms with E-state index in [1.54, 1.807) is 17.2 Å². The Bertz CT molecular complexity index is 1190. The van der Waals surface area contributed by atoms with Gasteiger partial charge in [0.2, 0.25) is 0 Å². The Morgan fingerprint density at radius 1 is 1.27 bits per heavy atom. The highest BCUT2D eigenvalue weighted by Crippen LogP contribution is 2.26. The minimum atomic E-state index is -1.11. The molecule has 1 aliphatic rings. The van der Waals surface area contributed by atoms with Crippen molar-refractivity contribution in [2.75, 3.05) is 6.61 Å². The quantitative estimate of drug-likeness (QED) is 0.346. The van der Waals surface area contributed by atoms with Crippen molar-refractivity contribution < 1.29 is 4.74 Å². The van der Waals surface area contributed by atoms with Crippen LogP contribution in [0.1, 0.15) is 25.7 Å². The van der Waals surface area contributed by atoms with Crippen LogP contribution in [0.25, 0.3) is 27.1 Å². The molecule has 33 heavy (non-hydrogen) atoms. The van der Waals surface area contributed by atoms with E-state index in [-0.39, 0.29) is 0 Å². The van der Waals surface area contributed by atoms with Gasteiger partial charge in [-0.1, -0.05) is 37.3 Å². The Hall–Kier alpha value is -3.01. The summed E-state index contributed by atoms with van der Waals surface area (Å²) in [6.45, 7) is 8.68. The largest absolute Gasteiger partial charge is 0.374 e. The third-order valence-corrected chi connectivity index (χ3v) is 7.67. The van der Waals surface area contributed by atoms with E-state index in [2.05, 4.69) is 51.7 Å². The van der Waals surface area contributed by atoms with Crippen LogP contribution in [-0.2, 0) is 18.0 Å². The molecule has 9 heteroatoms. The lowest BCUT2D eigenvalue weighted by Crippen LogP contribution is -2.22. The zero-order valence-corrected chi connectivity index (χ0v) is 20.7. The van der Waals surface area contributed by atoms with E-state index < -0.39 is 14.1 Å². The van der Waals surface area contributed by atoms with E-state index >= 15 is 0 Å². The summed E-state index contributed by atoms with van der Waals surface area (Å²) in [6.07, 6.45) is 12.0. The lowest BCUT2D eigenvalue weighted by atomic mass is 10.1. The molecule has 4 rings (SSSR count). The standard InChI is InChI=1S/C24H32N7OSi/c1-33(2,3)11-10-32-18-30-9-8-22-23(27-17-28-24(22)30)20-14-29-31(15-20)16-21(12-25)26-13-19-6-4-5-7-19/h8-9,14-15,17,19,21H,4-7,10-11,16,18H2,1-3H3/q+1. The van der Waals surface area contributed by atoms with Crippen LogP contribution in [0.15, 0.2) is 31.0 Å². The fraction of sp³-hybridized carbons (Fsp3) is 0.542. The second kappa shape index (κ2) is 10.3. The molecule has 3 heterocycles. The maximum atomic E-state index is 9.50. The van der Waals surface area contributed by atoms with Crippen LogP contribution in [-0.4, -0.2) is 45.0 Å². The zero-order valence-electron chi connectivity index (χ0n) is 19.7. The number of aromatic nitrogens is 5. The SMILES string of the molecule is C[Si](C)(C)CCOCn1ccc2c(-c3cnn(CC(C#N)[N+]#CC4CCCC4)c3)ncnc21. The zero-order chi connectivity index (χ0) is 23.3. The van der Waals surface area contributed by atoms with E-state index in [1.807, 2.05) is 23.0 Å². The summed E-state index contributed by atoms with van der Waals surface area (Å²) < 4.78 is 9.67. The molecule has 0 spiro atoms. The van der Waals surface area contributed by atoms with Crippen molar-refractivity contribution in [1.82, 2.24) is 24.3 Å². The third-order valence-electron chi connectivity index (χ3n) is 5.97. The molecule has 0 saturated heterocycles. The van der Waals surface area contributed by atoms with Gasteiger partial charge in [0, 0.05) is 38.0 Å². The highest BCUT2D eigenvalue weighted by atomic mass is 28.3. The molecule has 1 aliphatic carbocycles. The number of hydrogen-bond acceptors (Lipinski definition) is 5. The van der Waals surface area contributed by atoms with Crippen LogP contribution >= 0.6 is 0 Å². The first-order valence-electron chi connectivity index (χ1n) is 11.7. The van der Waals surface area contributed by atoms with Gasteiger partial charge in [0.05, 0.1) is 17.8 Å². The molecule has 172 valence electrons. The molecule has 1 unspecified atom stereocenters. The number of nitrogens with zero attached hydrogens (tertiary/aromatic N) is 7. The number of rotatable bonds is 8. The Labute approximate surface area is 196 Å². The molecule has 0 radical (unpaired) electrons. The maximum Gasteiger partial charge on any atom is 0.374 e. The first kappa shape index (κ1) is 23.2. The molecular formula is C24H32N7OSi+. The monoisotopic (exact) mass is 462 g/mol. The lowest BCUT2D eigenvalue weighted by Gasteiger charge is -2.15. The summed E-state index contributed by atoms with van der Waals surface area (Å²) >= 11 is 0. The fourth-order valence-corrected chi connectivity index (χ4v) is 4.76. The summed E-state index contributed by atoms with van der Waals surface area (Å²) in [5.41, 5.74) is 2.55. The number of nitriles is 1. The Morgan fingerprint density at radius 3 is 2.85 bits per heavy atom. The molecule has 8 nitrogen and oxygen atoms in total. The molecule has 0 aliphatic heterocycles. The molecule has 1 fully saturated rings.